The third kappa shape index (κ3) is 1.85. The minimum Gasteiger partial charge on any atom is -0.379 e. The molecule has 0 bridgehead atoms. The fourth-order valence-corrected chi connectivity index (χ4v) is 3.35. The largest absolute Gasteiger partial charge is 0.379 e. The van der Waals surface area contributed by atoms with E-state index < -0.39 is 17.4 Å². The van der Waals surface area contributed by atoms with Crippen molar-refractivity contribution in [2.75, 3.05) is 13.2 Å². The van der Waals surface area contributed by atoms with Gasteiger partial charge in [-0.15, -0.1) is 0 Å². The maximum atomic E-state index is 12.7. The first-order chi connectivity index (χ1) is 9.15. The Morgan fingerprint density at radius 3 is 2.53 bits per heavy atom. The highest BCUT2D eigenvalue weighted by Gasteiger charge is 2.55. The van der Waals surface area contributed by atoms with Crippen LogP contribution in [0.1, 0.15) is 38.5 Å². The average molecular weight is 266 g/mol. The summed E-state index contributed by atoms with van der Waals surface area (Å²) in [7, 11) is 0. The van der Waals surface area contributed by atoms with Crippen molar-refractivity contribution in [1.29, 1.82) is 0 Å². The summed E-state index contributed by atoms with van der Waals surface area (Å²) in [6.45, 7) is 0.937. The summed E-state index contributed by atoms with van der Waals surface area (Å²) in [5.41, 5.74) is -1.01. The van der Waals surface area contributed by atoms with Crippen LogP contribution in [0.15, 0.2) is 0 Å². The molecule has 1 unspecified atom stereocenters. The van der Waals surface area contributed by atoms with Crippen LogP contribution in [0.3, 0.4) is 0 Å². The molecule has 0 aromatic rings. The number of barbiturate groups is 1. The zero-order valence-electron chi connectivity index (χ0n) is 10.8. The van der Waals surface area contributed by atoms with Crippen molar-refractivity contribution < 1.29 is 19.1 Å². The van der Waals surface area contributed by atoms with E-state index in [4.69, 9.17) is 4.74 Å². The Bertz CT molecular complexity index is 422. The van der Waals surface area contributed by atoms with Crippen LogP contribution in [-0.2, 0) is 14.3 Å². The number of nitrogens with one attached hydrogen (secondary N) is 1. The van der Waals surface area contributed by atoms with Crippen molar-refractivity contribution in [2.45, 2.75) is 44.6 Å². The van der Waals surface area contributed by atoms with Gasteiger partial charge in [0.1, 0.15) is 5.41 Å². The Kier molecular flexibility index (Phi) is 3.05. The maximum Gasteiger partial charge on any atom is 0.331 e. The molecule has 0 aromatic carbocycles. The molecule has 104 valence electrons. The molecule has 1 saturated carbocycles. The van der Waals surface area contributed by atoms with Gasteiger partial charge in [0.05, 0.1) is 12.6 Å². The number of urea groups is 1. The second-order valence-electron chi connectivity index (χ2n) is 5.59. The SMILES string of the molecule is O=C1NC(=O)C2(CCCCC2)C(=O)N1C1CCOC1. The molecule has 1 spiro atoms. The van der Waals surface area contributed by atoms with Crippen molar-refractivity contribution in [3.05, 3.63) is 0 Å². The van der Waals surface area contributed by atoms with Gasteiger partial charge >= 0.3 is 6.03 Å². The Labute approximate surface area is 111 Å². The van der Waals surface area contributed by atoms with Crippen LogP contribution in [0, 0.1) is 5.41 Å². The van der Waals surface area contributed by atoms with Gasteiger partial charge in [-0.3, -0.25) is 19.8 Å². The number of imide groups is 2. The number of nitrogens with zero attached hydrogens (tertiary/aromatic N) is 1. The molecule has 3 fully saturated rings. The van der Waals surface area contributed by atoms with Crippen molar-refractivity contribution in [1.82, 2.24) is 10.2 Å². The molecule has 3 rings (SSSR count). The zero-order chi connectivity index (χ0) is 13.5. The Morgan fingerprint density at radius 2 is 1.89 bits per heavy atom. The highest BCUT2D eigenvalue weighted by atomic mass is 16.5. The van der Waals surface area contributed by atoms with Crippen LogP contribution in [0.4, 0.5) is 4.79 Å². The van der Waals surface area contributed by atoms with Gasteiger partial charge in [0, 0.05) is 6.61 Å². The quantitative estimate of drug-likeness (QED) is 0.712. The van der Waals surface area contributed by atoms with E-state index >= 15 is 0 Å². The van der Waals surface area contributed by atoms with Crippen LogP contribution in [0.25, 0.3) is 0 Å². The van der Waals surface area contributed by atoms with Gasteiger partial charge in [-0.25, -0.2) is 4.79 Å². The Hall–Kier alpha value is -1.43. The number of carbonyl (C=O) groups excluding carboxylic acids is 3. The van der Waals surface area contributed by atoms with Gasteiger partial charge in [-0.1, -0.05) is 19.3 Å². The lowest BCUT2D eigenvalue weighted by Crippen LogP contribution is -2.66. The van der Waals surface area contributed by atoms with E-state index in [1.807, 2.05) is 0 Å². The number of rotatable bonds is 1. The summed E-state index contributed by atoms with van der Waals surface area (Å²) >= 11 is 0. The topological polar surface area (TPSA) is 75.7 Å². The van der Waals surface area contributed by atoms with E-state index in [0.717, 1.165) is 19.3 Å². The standard InChI is InChI=1S/C13H18N2O4/c16-10-13(5-2-1-3-6-13)11(17)15(12(18)14-10)9-4-7-19-8-9/h9H,1-8H2,(H,14,16,18). The molecule has 3 aliphatic rings. The van der Waals surface area contributed by atoms with Gasteiger partial charge in [0.15, 0.2) is 0 Å². The van der Waals surface area contributed by atoms with Gasteiger partial charge in [0.2, 0.25) is 11.8 Å². The normalized spacial score (nSPS) is 30.8. The molecule has 4 amide bonds. The van der Waals surface area contributed by atoms with Crippen LogP contribution < -0.4 is 5.32 Å². The van der Waals surface area contributed by atoms with Gasteiger partial charge < -0.3 is 4.74 Å². The van der Waals surface area contributed by atoms with Gasteiger partial charge in [0.25, 0.3) is 0 Å². The number of carbonyl (C=O) groups is 3. The van der Waals surface area contributed by atoms with Crippen molar-refractivity contribution in [3.63, 3.8) is 0 Å². The second-order valence-corrected chi connectivity index (χ2v) is 5.59. The van der Waals surface area contributed by atoms with Crippen LogP contribution in [0.5, 0.6) is 0 Å². The van der Waals surface area contributed by atoms with Crippen LogP contribution in [-0.4, -0.2) is 42.0 Å². The minimum absolute atomic E-state index is 0.223. The van der Waals surface area contributed by atoms with Crippen LogP contribution >= 0.6 is 0 Å². The predicted octanol–water partition coefficient (Wildman–Crippen LogP) is 0.804. The van der Waals surface area contributed by atoms with Crippen molar-refractivity contribution in [3.8, 4) is 0 Å². The van der Waals surface area contributed by atoms with E-state index in [1.165, 1.54) is 4.90 Å². The summed E-state index contributed by atoms with van der Waals surface area (Å²) in [6, 6.07) is -0.805. The monoisotopic (exact) mass is 266 g/mol. The molecule has 2 saturated heterocycles. The maximum absolute atomic E-state index is 12.7. The second kappa shape index (κ2) is 4.59. The lowest BCUT2D eigenvalue weighted by molar-refractivity contribution is -0.155. The minimum atomic E-state index is -1.01. The molecule has 1 aliphatic carbocycles. The Morgan fingerprint density at radius 1 is 1.16 bits per heavy atom. The molecule has 0 radical (unpaired) electrons. The number of hydrogen-bond acceptors (Lipinski definition) is 4. The van der Waals surface area contributed by atoms with E-state index in [0.29, 0.717) is 32.5 Å². The molecule has 0 aromatic heterocycles. The zero-order valence-corrected chi connectivity index (χ0v) is 10.8. The molecule has 2 aliphatic heterocycles. The van der Waals surface area contributed by atoms with Crippen molar-refractivity contribution in [2.24, 2.45) is 5.41 Å². The summed E-state index contributed by atoms with van der Waals surface area (Å²) < 4.78 is 5.25. The van der Waals surface area contributed by atoms with E-state index in [2.05, 4.69) is 5.32 Å². The van der Waals surface area contributed by atoms with E-state index in [9.17, 15) is 14.4 Å². The average Bonchev–Trinajstić information content (AvgIpc) is 2.92. The summed E-state index contributed by atoms with van der Waals surface area (Å²) in [5, 5.41) is 2.37. The van der Waals surface area contributed by atoms with E-state index in [1.54, 1.807) is 0 Å². The summed E-state index contributed by atoms with van der Waals surface area (Å²) in [4.78, 5) is 38.0. The third-order valence-corrected chi connectivity index (χ3v) is 4.48. The first-order valence-electron chi connectivity index (χ1n) is 6.92. The molecule has 19 heavy (non-hydrogen) atoms. The van der Waals surface area contributed by atoms with Crippen molar-refractivity contribution >= 4 is 17.8 Å². The number of amides is 4. The molecule has 2 heterocycles. The first-order valence-corrected chi connectivity index (χ1v) is 6.92. The molecular formula is C13H18N2O4. The van der Waals surface area contributed by atoms with Crippen LogP contribution in [0.2, 0.25) is 0 Å². The predicted molar refractivity (Wildman–Crippen MR) is 65.1 cm³/mol. The molecular weight excluding hydrogens is 248 g/mol. The molecule has 1 N–H and O–H groups in total. The van der Waals surface area contributed by atoms with E-state index in [-0.39, 0.29) is 11.9 Å². The highest BCUT2D eigenvalue weighted by Crippen LogP contribution is 2.41. The summed E-state index contributed by atoms with van der Waals surface area (Å²) in [6.07, 6.45) is 4.53. The Balaban J connectivity index is 1.90. The molecule has 1 atom stereocenters. The fraction of sp³-hybridized carbons (Fsp3) is 0.769. The number of hydrogen-bond donors (Lipinski definition) is 1. The first kappa shape index (κ1) is 12.6. The smallest absolute Gasteiger partial charge is 0.331 e. The summed E-state index contributed by atoms with van der Waals surface area (Å²) in [5.74, 6) is -0.714. The molecule has 6 nitrogen and oxygen atoms in total. The molecule has 6 heteroatoms. The third-order valence-electron chi connectivity index (χ3n) is 4.48. The fourth-order valence-electron chi connectivity index (χ4n) is 3.35. The highest BCUT2D eigenvalue weighted by molar-refractivity contribution is 6.19. The number of ether oxygens (including phenoxy) is 1. The van der Waals surface area contributed by atoms with Gasteiger partial charge in [-0.05, 0) is 19.3 Å². The van der Waals surface area contributed by atoms with Gasteiger partial charge in [-0.2, -0.15) is 0 Å². The lowest BCUT2D eigenvalue weighted by atomic mass is 9.71. The lowest BCUT2D eigenvalue weighted by Gasteiger charge is -2.43.